The Morgan fingerprint density at radius 2 is 2.13 bits per heavy atom. The SMILES string of the molecule is FC(F)(F)c1nnc(N2CCc3c([nH]c4ccc(Cl)cc34)[C@@H]2C[C@H]2CCCOC2)o1. The predicted molar refractivity (Wildman–Crippen MR) is 105 cm³/mol. The summed E-state index contributed by atoms with van der Waals surface area (Å²) in [6.45, 7) is 1.87. The number of hydrogen-bond acceptors (Lipinski definition) is 5. The summed E-state index contributed by atoms with van der Waals surface area (Å²) in [5, 5.41) is 8.63. The number of alkyl halides is 3. The number of rotatable bonds is 3. The minimum atomic E-state index is -4.67. The van der Waals surface area contributed by atoms with E-state index in [9.17, 15) is 13.2 Å². The van der Waals surface area contributed by atoms with Gasteiger partial charge in [0, 0.05) is 41.4 Å². The molecule has 0 radical (unpaired) electrons. The van der Waals surface area contributed by atoms with Crippen molar-refractivity contribution >= 4 is 28.5 Å². The summed E-state index contributed by atoms with van der Waals surface area (Å²) in [7, 11) is 0. The number of nitrogens with zero attached hydrogens (tertiary/aromatic N) is 3. The van der Waals surface area contributed by atoms with Crippen LogP contribution in [0, 0.1) is 5.92 Å². The van der Waals surface area contributed by atoms with Gasteiger partial charge in [-0.3, -0.25) is 0 Å². The highest BCUT2D eigenvalue weighted by molar-refractivity contribution is 6.31. The molecule has 10 heteroatoms. The number of H-pyrrole nitrogens is 1. The summed E-state index contributed by atoms with van der Waals surface area (Å²) in [5.74, 6) is -1.02. The van der Waals surface area contributed by atoms with Gasteiger partial charge in [-0.15, -0.1) is 5.10 Å². The first-order valence-electron chi connectivity index (χ1n) is 9.95. The molecule has 3 aromatic rings. The van der Waals surface area contributed by atoms with Crippen LogP contribution in [0.1, 0.15) is 42.5 Å². The number of nitrogens with one attached hydrogen (secondary N) is 1. The first-order valence-corrected chi connectivity index (χ1v) is 10.3. The maximum Gasteiger partial charge on any atom is 0.470 e. The molecule has 2 atom stereocenters. The van der Waals surface area contributed by atoms with Crippen LogP contribution in [-0.2, 0) is 17.3 Å². The van der Waals surface area contributed by atoms with Crippen molar-refractivity contribution in [2.24, 2.45) is 5.92 Å². The highest BCUT2D eigenvalue weighted by Gasteiger charge is 2.41. The van der Waals surface area contributed by atoms with Gasteiger partial charge < -0.3 is 19.0 Å². The molecule has 4 heterocycles. The molecule has 0 bridgehead atoms. The normalized spacial score (nSPS) is 22.5. The lowest BCUT2D eigenvalue weighted by atomic mass is 9.88. The third-order valence-electron chi connectivity index (χ3n) is 5.93. The minimum Gasteiger partial charge on any atom is -0.399 e. The maximum absolute atomic E-state index is 13.0. The van der Waals surface area contributed by atoms with E-state index in [-0.39, 0.29) is 12.1 Å². The number of aromatic amines is 1. The van der Waals surface area contributed by atoms with E-state index in [1.165, 1.54) is 0 Å². The third-order valence-corrected chi connectivity index (χ3v) is 6.16. The lowest BCUT2D eigenvalue weighted by molar-refractivity contribution is -0.157. The number of anilines is 1. The third kappa shape index (κ3) is 3.54. The van der Waals surface area contributed by atoms with Crippen molar-refractivity contribution in [1.82, 2.24) is 15.2 Å². The Labute approximate surface area is 175 Å². The summed E-state index contributed by atoms with van der Waals surface area (Å²) in [6.07, 6.45) is -1.32. The second kappa shape index (κ2) is 7.46. The molecule has 0 unspecified atom stereocenters. The molecule has 0 aliphatic carbocycles. The van der Waals surface area contributed by atoms with Crippen molar-refractivity contribution in [2.75, 3.05) is 24.7 Å². The van der Waals surface area contributed by atoms with Crippen molar-refractivity contribution < 1.29 is 22.3 Å². The number of aromatic nitrogens is 3. The second-order valence-corrected chi connectivity index (χ2v) is 8.31. The average molecular weight is 441 g/mol. The van der Waals surface area contributed by atoms with E-state index in [1.54, 1.807) is 4.90 Å². The monoisotopic (exact) mass is 440 g/mol. The van der Waals surface area contributed by atoms with E-state index < -0.39 is 12.1 Å². The van der Waals surface area contributed by atoms with Gasteiger partial charge in [-0.05, 0) is 55.4 Å². The number of fused-ring (bicyclic) bond motifs is 3. The topological polar surface area (TPSA) is 67.2 Å². The second-order valence-electron chi connectivity index (χ2n) is 7.87. The summed E-state index contributed by atoms with van der Waals surface area (Å²) < 4.78 is 49.7. The largest absolute Gasteiger partial charge is 0.470 e. The minimum absolute atomic E-state index is 0.105. The zero-order valence-corrected chi connectivity index (χ0v) is 16.8. The van der Waals surface area contributed by atoms with Crippen LogP contribution in [0.15, 0.2) is 22.6 Å². The van der Waals surface area contributed by atoms with Crippen molar-refractivity contribution in [3.05, 3.63) is 40.4 Å². The van der Waals surface area contributed by atoms with E-state index in [0.717, 1.165) is 48.0 Å². The Morgan fingerprint density at radius 3 is 2.87 bits per heavy atom. The molecule has 0 amide bonds. The molecule has 1 fully saturated rings. The number of halogens is 4. The lowest BCUT2D eigenvalue weighted by Gasteiger charge is -2.37. The quantitative estimate of drug-likeness (QED) is 0.610. The highest BCUT2D eigenvalue weighted by atomic mass is 35.5. The predicted octanol–water partition coefficient (Wildman–Crippen LogP) is 5.14. The summed E-state index contributed by atoms with van der Waals surface area (Å²) in [4.78, 5) is 5.25. The zero-order chi connectivity index (χ0) is 20.9. The molecule has 1 aromatic carbocycles. The highest BCUT2D eigenvalue weighted by Crippen LogP contribution is 2.42. The first kappa shape index (κ1) is 19.7. The van der Waals surface area contributed by atoms with Gasteiger partial charge in [-0.25, -0.2) is 0 Å². The molecule has 1 N–H and O–H groups in total. The van der Waals surface area contributed by atoms with E-state index in [0.29, 0.717) is 30.5 Å². The Balaban J connectivity index is 1.55. The number of benzene rings is 1. The fourth-order valence-electron chi connectivity index (χ4n) is 4.57. The smallest absolute Gasteiger partial charge is 0.399 e. The van der Waals surface area contributed by atoms with Gasteiger partial charge in [0.25, 0.3) is 0 Å². The van der Waals surface area contributed by atoms with Crippen LogP contribution in [-0.4, -0.2) is 34.9 Å². The summed E-state index contributed by atoms with van der Waals surface area (Å²) in [6, 6.07) is 5.35. The molecule has 1 saturated heterocycles. The fraction of sp³-hybridized carbons (Fsp3) is 0.500. The average Bonchev–Trinajstić information content (AvgIpc) is 3.34. The van der Waals surface area contributed by atoms with Gasteiger partial charge in [0.15, 0.2) is 0 Å². The summed E-state index contributed by atoms with van der Waals surface area (Å²) >= 11 is 6.20. The van der Waals surface area contributed by atoms with E-state index in [2.05, 4.69) is 15.2 Å². The fourth-order valence-corrected chi connectivity index (χ4v) is 4.74. The van der Waals surface area contributed by atoms with Crippen LogP contribution in [0.3, 0.4) is 0 Å². The van der Waals surface area contributed by atoms with Gasteiger partial charge in [0.05, 0.1) is 6.04 Å². The van der Waals surface area contributed by atoms with Gasteiger partial charge >= 0.3 is 18.1 Å². The molecule has 2 aliphatic heterocycles. The lowest BCUT2D eigenvalue weighted by Crippen LogP contribution is -2.37. The van der Waals surface area contributed by atoms with Crippen molar-refractivity contribution in [3.8, 4) is 0 Å². The van der Waals surface area contributed by atoms with Crippen LogP contribution in [0.2, 0.25) is 5.02 Å². The summed E-state index contributed by atoms with van der Waals surface area (Å²) in [5.41, 5.74) is 3.06. The molecule has 30 heavy (non-hydrogen) atoms. The Kier molecular flexibility index (Phi) is 4.89. The Hall–Kier alpha value is -2.26. The molecular weight excluding hydrogens is 421 g/mol. The first-order chi connectivity index (χ1) is 14.4. The van der Waals surface area contributed by atoms with Crippen LogP contribution >= 0.6 is 11.6 Å². The van der Waals surface area contributed by atoms with Gasteiger partial charge in [-0.2, -0.15) is 13.2 Å². The van der Waals surface area contributed by atoms with Crippen molar-refractivity contribution in [3.63, 3.8) is 0 Å². The van der Waals surface area contributed by atoms with Crippen LogP contribution < -0.4 is 4.90 Å². The molecule has 5 rings (SSSR count). The zero-order valence-electron chi connectivity index (χ0n) is 16.0. The van der Waals surface area contributed by atoms with Crippen molar-refractivity contribution in [2.45, 2.75) is 37.9 Å². The molecule has 2 aliphatic rings. The Morgan fingerprint density at radius 1 is 1.27 bits per heavy atom. The van der Waals surface area contributed by atoms with Crippen LogP contribution in [0.4, 0.5) is 19.2 Å². The van der Waals surface area contributed by atoms with E-state index in [4.69, 9.17) is 20.8 Å². The van der Waals surface area contributed by atoms with Gasteiger partial charge in [-0.1, -0.05) is 16.7 Å². The Bertz CT molecular complexity index is 1060. The van der Waals surface area contributed by atoms with Crippen LogP contribution in [0.25, 0.3) is 10.9 Å². The molecule has 0 spiro atoms. The number of ether oxygens (including phenoxy) is 1. The van der Waals surface area contributed by atoms with Crippen molar-refractivity contribution in [1.29, 1.82) is 0 Å². The molecule has 2 aromatic heterocycles. The molecule has 6 nitrogen and oxygen atoms in total. The van der Waals surface area contributed by atoms with Gasteiger partial charge in [0.2, 0.25) is 0 Å². The molecule has 0 saturated carbocycles. The molecule has 160 valence electrons. The number of hydrogen-bond donors (Lipinski definition) is 1. The van der Waals surface area contributed by atoms with E-state index in [1.807, 2.05) is 18.2 Å². The van der Waals surface area contributed by atoms with Crippen LogP contribution in [0.5, 0.6) is 0 Å². The van der Waals surface area contributed by atoms with E-state index >= 15 is 0 Å². The standard InChI is InChI=1S/C20H20ClF3N4O2/c21-12-3-4-15-14(9-12)13-5-6-28(19-27-26-18(30-19)20(22,23)24)16(17(13)25-15)8-11-2-1-7-29-10-11/h3-4,9,11,16,25H,1-2,5-8,10H2/t11-,16+/m1/s1. The van der Waals surface area contributed by atoms with Gasteiger partial charge in [0.1, 0.15) is 0 Å². The maximum atomic E-state index is 13.0. The molecular formula is C20H20ClF3N4O2.